The van der Waals surface area contributed by atoms with Gasteiger partial charge in [-0.25, -0.2) is 4.79 Å². The monoisotopic (exact) mass is 503 g/mol. The summed E-state index contributed by atoms with van der Waals surface area (Å²) < 4.78 is 6.01. The Morgan fingerprint density at radius 2 is 1.95 bits per heavy atom. The van der Waals surface area contributed by atoms with Gasteiger partial charge in [-0.2, -0.15) is 0 Å². The molecule has 0 radical (unpaired) electrons. The van der Waals surface area contributed by atoms with Gasteiger partial charge in [-0.05, 0) is 59.8 Å². The second-order valence-corrected chi connectivity index (χ2v) is 12.0. The maximum absolute atomic E-state index is 14.4. The first-order valence-corrected chi connectivity index (χ1v) is 13.0. The van der Waals surface area contributed by atoms with Crippen LogP contribution >= 0.6 is 0 Å². The topological polar surface area (TPSA) is 117 Å². The molecule has 7 nitrogen and oxygen atoms in total. The van der Waals surface area contributed by atoms with Gasteiger partial charge >= 0.3 is 5.97 Å². The van der Waals surface area contributed by atoms with Gasteiger partial charge in [0.1, 0.15) is 6.10 Å². The number of carbonyl (C=O) groups is 2. The average Bonchev–Trinajstić information content (AvgIpc) is 3.37. The molecule has 2 saturated carbocycles. The number of benzene rings is 1. The smallest absolute Gasteiger partial charge is 0.339 e. The van der Waals surface area contributed by atoms with Crippen molar-refractivity contribution in [2.24, 2.45) is 34.5 Å². The molecule has 194 valence electrons. The molecule has 7 heteroatoms. The molecular weight excluding hydrogens is 470 g/mol. The molecule has 2 fully saturated rings. The summed E-state index contributed by atoms with van der Waals surface area (Å²) in [6, 6.07) is 8.76. The molecule has 2 unspecified atom stereocenters. The number of fused-ring (bicyclic) bond motifs is 4. The first-order chi connectivity index (χ1) is 17.5. The van der Waals surface area contributed by atoms with Gasteiger partial charge in [0, 0.05) is 17.5 Å². The maximum atomic E-state index is 14.4. The number of aliphatic hydroxyl groups is 3. The van der Waals surface area contributed by atoms with Crippen molar-refractivity contribution in [1.29, 1.82) is 0 Å². The van der Waals surface area contributed by atoms with Gasteiger partial charge in [0.25, 0.3) is 0 Å². The molecule has 1 spiro atoms. The first kappa shape index (κ1) is 24.5. The van der Waals surface area contributed by atoms with Crippen LogP contribution in [0, 0.1) is 34.5 Å². The lowest BCUT2D eigenvalue weighted by atomic mass is 9.59. The number of carbonyl (C=O) groups excluding carboxylic acids is 2. The second-order valence-electron chi connectivity index (χ2n) is 12.0. The number of aliphatic hydroxyl groups excluding tert-OH is 2. The quantitative estimate of drug-likeness (QED) is 0.435. The molecule has 2 bridgehead atoms. The Balaban J connectivity index is 1.47. The lowest BCUT2D eigenvalue weighted by molar-refractivity contribution is -0.190. The van der Waals surface area contributed by atoms with E-state index in [0.717, 1.165) is 0 Å². The van der Waals surface area contributed by atoms with Crippen molar-refractivity contribution in [2.45, 2.75) is 51.9 Å². The number of esters is 1. The summed E-state index contributed by atoms with van der Waals surface area (Å²) in [5.74, 6) is -1.36. The lowest BCUT2D eigenvalue weighted by Crippen LogP contribution is -2.65. The number of allylic oxidation sites excluding steroid dienone is 1. The molecule has 1 aromatic carbocycles. The highest BCUT2D eigenvalue weighted by Gasteiger charge is 2.76. The number of nitrogens with zero attached hydrogens (tertiary/aromatic N) is 1. The summed E-state index contributed by atoms with van der Waals surface area (Å²) >= 11 is 0. The summed E-state index contributed by atoms with van der Waals surface area (Å²) in [7, 11) is 0. The van der Waals surface area contributed by atoms with Crippen LogP contribution in [0.4, 0.5) is 0 Å². The van der Waals surface area contributed by atoms with Crippen molar-refractivity contribution in [1.82, 2.24) is 4.98 Å². The van der Waals surface area contributed by atoms with E-state index in [1.807, 2.05) is 13.0 Å². The highest BCUT2D eigenvalue weighted by Crippen LogP contribution is 2.71. The van der Waals surface area contributed by atoms with Crippen LogP contribution in [0.2, 0.25) is 0 Å². The molecule has 0 amide bonds. The third-order valence-corrected chi connectivity index (χ3v) is 9.99. The SMILES string of the molecule is CC1=CC23C(=O)[C@@H](C=C(CO)[C@@H](O)[C@]2(O)[C@H]1OC(=O)c1ccnc2ccccc12)[C@H]1[C@@H](CC3C)C1(C)C. The Morgan fingerprint density at radius 3 is 2.68 bits per heavy atom. The third-order valence-electron chi connectivity index (χ3n) is 9.99. The van der Waals surface area contributed by atoms with E-state index in [2.05, 4.69) is 18.8 Å². The fraction of sp³-hybridized carbons (Fsp3) is 0.500. The van der Waals surface area contributed by atoms with Gasteiger partial charge in [0.2, 0.25) is 0 Å². The van der Waals surface area contributed by atoms with Crippen LogP contribution in [0.3, 0.4) is 0 Å². The number of aromatic nitrogens is 1. The van der Waals surface area contributed by atoms with E-state index >= 15 is 0 Å². The number of hydrogen-bond acceptors (Lipinski definition) is 7. The molecule has 1 aromatic heterocycles. The van der Waals surface area contributed by atoms with Gasteiger partial charge in [-0.3, -0.25) is 9.78 Å². The first-order valence-electron chi connectivity index (χ1n) is 13.0. The Labute approximate surface area is 215 Å². The van der Waals surface area contributed by atoms with Crippen molar-refractivity contribution < 1.29 is 29.6 Å². The second kappa shape index (κ2) is 7.82. The Morgan fingerprint density at radius 1 is 1.22 bits per heavy atom. The van der Waals surface area contributed by atoms with Crippen LogP contribution < -0.4 is 0 Å². The highest BCUT2D eigenvalue weighted by atomic mass is 16.6. The number of hydrogen-bond donors (Lipinski definition) is 3. The van der Waals surface area contributed by atoms with Crippen molar-refractivity contribution in [3.05, 3.63) is 65.4 Å². The van der Waals surface area contributed by atoms with Crippen LogP contribution in [0.15, 0.2) is 59.8 Å². The van der Waals surface area contributed by atoms with Crippen LogP contribution in [0.1, 0.15) is 44.5 Å². The average molecular weight is 504 g/mol. The minimum atomic E-state index is -2.16. The van der Waals surface area contributed by atoms with Gasteiger partial charge in [-0.1, -0.05) is 51.1 Å². The molecule has 8 atom stereocenters. The summed E-state index contributed by atoms with van der Waals surface area (Å²) in [5, 5.41) is 35.0. The summed E-state index contributed by atoms with van der Waals surface area (Å²) in [4.78, 5) is 32.3. The largest absolute Gasteiger partial charge is 0.451 e. The van der Waals surface area contributed by atoms with Crippen LogP contribution in [0.5, 0.6) is 0 Å². The molecule has 0 saturated heterocycles. The van der Waals surface area contributed by atoms with E-state index < -0.39 is 41.7 Å². The number of para-hydroxylation sites is 1. The van der Waals surface area contributed by atoms with E-state index in [4.69, 9.17) is 4.74 Å². The Hall–Kier alpha value is -2.87. The van der Waals surface area contributed by atoms with Crippen molar-refractivity contribution >= 4 is 22.7 Å². The predicted octanol–water partition coefficient (Wildman–Crippen LogP) is 3.23. The maximum Gasteiger partial charge on any atom is 0.339 e. The summed E-state index contributed by atoms with van der Waals surface area (Å²) in [6.45, 7) is 7.46. The van der Waals surface area contributed by atoms with Crippen LogP contribution in [0.25, 0.3) is 10.9 Å². The van der Waals surface area contributed by atoms with E-state index in [-0.39, 0.29) is 40.1 Å². The van der Waals surface area contributed by atoms with E-state index in [9.17, 15) is 24.9 Å². The fourth-order valence-corrected chi connectivity index (χ4v) is 8.04. The number of ketones is 1. The van der Waals surface area contributed by atoms with Gasteiger partial charge in [0.15, 0.2) is 17.5 Å². The fourth-order valence-electron chi connectivity index (χ4n) is 8.04. The number of ether oxygens (including phenoxy) is 1. The number of Topliss-reactive ketones (excluding diaryl/α,β-unsaturated/α-hetero) is 1. The van der Waals surface area contributed by atoms with Gasteiger partial charge in [-0.15, -0.1) is 0 Å². The number of pyridine rings is 1. The van der Waals surface area contributed by atoms with Crippen LogP contribution in [-0.4, -0.2) is 56.5 Å². The Kier molecular flexibility index (Phi) is 5.17. The molecule has 3 N–H and O–H groups in total. The normalized spacial score (nSPS) is 39.6. The van der Waals surface area contributed by atoms with Crippen LogP contribution in [-0.2, 0) is 9.53 Å². The summed E-state index contributed by atoms with van der Waals surface area (Å²) in [5.41, 5.74) is -2.04. The minimum Gasteiger partial charge on any atom is -0.451 e. The van der Waals surface area contributed by atoms with E-state index in [1.54, 1.807) is 43.3 Å². The number of rotatable bonds is 3. The standard InChI is InChI=1S/C30H33NO6/c1-15-13-29-16(2)11-21-23(28(21,3)4)20(25(29)34)12-17(14-32)24(33)30(29,36)26(15)37-27(35)19-9-10-31-22-8-6-5-7-18(19)22/h5-10,12-13,16,20-21,23-24,26,32-33,36H,11,14H2,1-4H3/t16?,20-,21+,23-,24+,26-,29?,30-/m0/s1. The van der Waals surface area contributed by atoms with Crippen molar-refractivity contribution in [3.63, 3.8) is 0 Å². The third kappa shape index (κ3) is 2.96. The minimum absolute atomic E-state index is 0.0493. The Bertz CT molecular complexity index is 1390. The van der Waals surface area contributed by atoms with Gasteiger partial charge < -0.3 is 20.1 Å². The summed E-state index contributed by atoms with van der Waals surface area (Å²) in [6.07, 6.45) is 2.78. The highest BCUT2D eigenvalue weighted by molar-refractivity contribution is 6.03. The zero-order chi connectivity index (χ0) is 26.5. The molecular formula is C30H33NO6. The van der Waals surface area contributed by atoms with Gasteiger partial charge in [0.05, 0.1) is 23.1 Å². The lowest BCUT2D eigenvalue weighted by Gasteiger charge is -2.48. The zero-order valence-electron chi connectivity index (χ0n) is 21.5. The molecule has 4 aliphatic rings. The molecule has 2 aromatic rings. The molecule has 1 heterocycles. The van der Waals surface area contributed by atoms with E-state index in [1.165, 1.54) is 6.20 Å². The predicted molar refractivity (Wildman–Crippen MR) is 136 cm³/mol. The molecule has 4 aliphatic carbocycles. The molecule has 6 rings (SSSR count). The van der Waals surface area contributed by atoms with E-state index in [0.29, 0.717) is 22.9 Å². The molecule has 37 heavy (non-hydrogen) atoms. The van der Waals surface area contributed by atoms with Crippen molar-refractivity contribution in [2.75, 3.05) is 6.61 Å². The molecule has 0 aliphatic heterocycles. The van der Waals surface area contributed by atoms with Crippen molar-refractivity contribution in [3.8, 4) is 0 Å². The zero-order valence-corrected chi connectivity index (χ0v) is 21.5.